The molecule has 0 radical (unpaired) electrons. The fourth-order valence-corrected chi connectivity index (χ4v) is 7.08. The molecule has 0 saturated heterocycles. The summed E-state index contributed by atoms with van der Waals surface area (Å²) in [6.07, 6.45) is -0.742. The number of hydrogen-bond acceptors (Lipinski definition) is 4. The Kier molecular flexibility index (Phi) is 8.80. The van der Waals surface area contributed by atoms with Crippen LogP contribution >= 0.6 is 17.1 Å². The molecule has 0 spiro atoms. The van der Waals surface area contributed by atoms with Gasteiger partial charge in [0, 0.05) is 11.3 Å². The summed E-state index contributed by atoms with van der Waals surface area (Å²) in [6.45, 7) is 15.2. The summed E-state index contributed by atoms with van der Waals surface area (Å²) in [5, 5.41) is 0. The van der Waals surface area contributed by atoms with Crippen LogP contribution in [-0.4, -0.2) is 12.2 Å². The first-order chi connectivity index (χ1) is 12.9. The average molecular weight is 479 g/mol. The summed E-state index contributed by atoms with van der Waals surface area (Å²) in [7, 11) is 0. The van der Waals surface area contributed by atoms with Gasteiger partial charge >= 0.3 is 0 Å². The zero-order valence-corrected chi connectivity index (χ0v) is 20.4. The van der Waals surface area contributed by atoms with E-state index in [4.69, 9.17) is 20.9 Å². The molecule has 0 aromatic heterocycles. The van der Waals surface area contributed by atoms with Gasteiger partial charge in [-0.2, -0.15) is 0 Å². The maximum atomic E-state index is 14.0. The monoisotopic (exact) mass is 478 g/mol. The molecule has 168 valence electrons. The zero-order valence-electron chi connectivity index (χ0n) is 17.8. The van der Waals surface area contributed by atoms with E-state index in [2.05, 4.69) is 0 Å². The molecule has 0 saturated carbocycles. The van der Waals surface area contributed by atoms with Gasteiger partial charge in [-0.25, -0.2) is 22.0 Å². The molecule has 29 heavy (non-hydrogen) atoms. The van der Waals surface area contributed by atoms with E-state index < -0.39 is 46.1 Å². The molecule has 1 aromatic rings. The van der Waals surface area contributed by atoms with Crippen molar-refractivity contribution in [2.75, 3.05) is 0 Å². The smallest absolute Gasteiger partial charge is 0.248 e. The summed E-state index contributed by atoms with van der Waals surface area (Å²) in [5.41, 5.74) is -4.74. The zero-order chi connectivity index (χ0) is 22.9. The highest BCUT2D eigenvalue weighted by molar-refractivity contribution is 8.67. The molecule has 0 N–H and O–H groups in total. The van der Waals surface area contributed by atoms with E-state index in [9.17, 15) is 22.0 Å². The van der Waals surface area contributed by atoms with Crippen LogP contribution in [0.3, 0.4) is 0 Å². The largest absolute Gasteiger partial charge is 0.318 e. The maximum Gasteiger partial charge on any atom is 0.248 e. The van der Waals surface area contributed by atoms with E-state index in [0.29, 0.717) is 0 Å². The summed E-state index contributed by atoms with van der Waals surface area (Å²) in [6, 6.07) is 0. The lowest BCUT2D eigenvalue weighted by molar-refractivity contribution is 0.0628. The summed E-state index contributed by atoms with van der Waals surface area (Å²) in [5.74, 6) is -10.5. The number of hydrogen-bond donors (Lipinski definition) is 0. The lowest BCUT2D eigenvalue weighted by atomic mass is 9.91. The van der Waals surface area contributed by atoms with Crippen molar-refractivity contribution in [3.8, 4) is 0 Å². The van der Waals surface area contributed by atoms with E-state index in [0.717, 1.165) is 11.4 Å². The molecule has 0 aliphatic heterocycles. The van der Waals surface area contributed by atoms with Gasteiger partial charge in [-0.15, -0.1) is 0 Å². The Labute approximate surface area is 178 Å². The summed E-state index contributed by atoms with van der Waals surface area (Å²) < 4.78 is 80.4. The van der Waals surface area contributed by atoms with E-state index in [-0.39, 0.29) is 23.0 Å². The predicted octanol–water partition coefficient (Wildman–Crippen LogP) is 7.74. The molecule has 2 nitrogen and oxygen atoms in total. The van der Waals surface area contributed by atoms with Crippen LogP contribution in [0.5, 0.6) is 0 Å². The van der Waals surface area contributed by atoms with Gasteiger partial charge in [-0.1, -0.05) is 52.9 Å². The second kappa shape index (κ2) is 9.51. The highest BCUT2D eigenvalue weighted by Crippen LogP contribution is 2.65. The molecular formula is C19H28F5O2PS2. The van der Waals surface area contributed by atoms with Crippen LogP contribution in [0.15, 0.2) is 0 Å². The van der Waals surface area contributed by atoms with Crippen molar-refractivity contribution in [1.82, 2.24) is 0 Å². The molecule has 0 fully saturated rings. The van der Waals surface area contributed by atoms with Crippen molar-refractivity contribution in [2.24, 2.45) is 10.8 Å². The van der Waals surface area contributed by atoms with Crippen LogP contribution in [0, 0.1) is 39.9 Å². The second-order valence-electron chi connectivity index (χ2n) is 9.00. The van der Waals surface area contributed by atoms with E-state index in [1.165, 1.54) is 0 Å². The molecule has 2 atom stereocenters. The summed E-state index contributed by atoms with van der Waals surface area (Å²) in [4.78, 5) is 0. The third-order valence-electron chi connectivity index (χ3n) is 4.68. The predicted molar refractivity (Wildman–Crippen MR) is 112 cm³/mol. The highest BCUT2D eigenvalue weighted by atomic mass is 32.9. The van der Waals surface area contributed by atoms with Crippen LogP contribution in [0.1, 0.15) is 61.0 Å². The maximum absolute atomic E-state index is 14.0. The first kappa shape index (κ1) is 26.8. The molecule has 1 rings (SSSR count). The Hall–Kier alpha value is -0.210. The molecule has 0 bridgehead atoms. The van der Waals surface area contributed by atoms with Gasteiger partial charge in [0.1, 0.15) is 0 Å². The SMILES string of the molecule is CC(OP(=S)(OC(C)C(C)(C)C)SCc1c(F)c(F)c(F)c(F)c1F)C(C)(C)C. The van der Waals surface area contributed by atoms with E-state index in [1.807, 2.05) is 41.5 Å². The number of benzene rings is 1. The van der Waals surface area contributed by atoms with Crippen molar-refractivity contribution < 1.29 is 31.0 Å². The minimum atomic E-state index is -3.19. The Bertz CT molecular complexity index is 735. The van der Waals surface area contributed by atoms with E-state index >= 15 is 0 Å². The summed E-state index contributed by atoms with van der Waals surface area (Å²) >= 11 is 6.36. The highest BCUT2D eigenvalue weighted by Gasteiger charge is 2.35. The third-order valence-corrected chi connectivity index (χ3v) is 9.88. The Balaban J connectivity index is 3.25. The van der Waals surface area contributed by atoms with Crippen molar-refractivity contribution in [3.05, 3.63) is 34.6 Å². The van der Waals surface area contributed by atoms with Crippen molar-refractivity contribution in [1.29, 1.82) is 0 Å². The van der Waals surface area contributed by atoms with Crippen LogP contribution < -0.4 is 0 Å². The second-order valence-corrected chi connectivity index (χ2v) is 15.2. The average Bonchev–Trinajstić information content (AvgIpc) is 2.56. The third kappa shape index (κ3) is 6.89. The van der Waals surface area contributed by atoms with Crippen LogP contribution in [0.2, 0.25) is 0 Å². The van der Waals surface area contributed by atoms with Crippen molar-refractivity contribution >= 4 is 28.9 Å². The molecule has 10 heteroatoms. The van der Waals surface area contributed by atoms with Gasteiger partial charge in [-0.3, -0.25) is 0 Å². The van der Waals surface area contributed by atoms with Crippen molar-refractivity contribution in [2.45, 2.75) is 73.4 Å². The molecule has 1 aromatic carbocycles. The molecule has 2 unspecified atom stereocenters. The lowest BCUT2D eigenvalue weighted by Crippen LogP contribution is -2.28. The molecule has 0 amide bonds. The molecule has 0 aliphatic rings. The quantitative estimate of drug-likeness (QED) is 0.173. The van der Waals surface area contributed by atoms with Gasteiger partial charge < -0.3 is 9.05 Å². The molecule has 0 heterocycles. The fourth-order valence-electron chi connectivity index (χ4n) is 1.71. The van der Waals surface area contributed by atoms with E-state index in [1.54, 1.807) is 13.8 Å². The van der Waals surface area contributed by atoms with Crippen LogP contribution in [0.25, 0.3) is 0 Å². The van der Waals surface area contributed by atoms with Crippen molar-refractivity contribution in [3.63, 3.8) is 0 Å². The Morgan fingerprint density at radius 2 is 1.07 bits per heavy atom. The van der Waals surface area contributed by atoms with Gasteiger partial charge in [-0.05, 0) is 36.5 Å². The topological polar surface area (TPSA) is 18.5 Å². The normalized spacial score (nSPS) is 17.1. The Morgan fingerprint density at radius 1 is 0.759 bits per heavy atom. The minimum Gasteiger partial charge on any atom is -0.318 e. The molecular weight excluding hydrogens is 450 g/mol. The number of halogens is 5. The minimum absolute atomic E-state index is 0.302. The Morgan fingerprint density at radius 3 is 1.38 bits per heavy atom. The van der Waals surface area contributed by atoms with Crippen LogP contribution in [0.4, 0.5) is 22.0 Å². The molecule has 0 aliphatic carbocycles. The van der Waals surface area contributed by atoms with Gasteiger partial charge in [0.05, 0.1) is 12.2 Å². The first-order valence-electron chi connectivity index (χ1n) is 9.02. The van der Waals surface area contributed by atoms with Gasteiger partial charge in [0.15, 0.2) is 23.3 Å². The first-order valence-corrected chi connectivity index (χ1v) is 13.2. The standard InChI is InChI=1S/C19H28F5O2PS2/c1-10(18(3,4)5)25-27(28,26-11(2)19(6,7)8)29-9-12-13(20)15(22)17(24)16(23)14(12)21/h10-11H,9H2,1-8H3. The lowest BCUT2D eigenvalue weighted by Gasteiger charge is -2.36. The number of rotatable bonds is 7. The van der Waals surface area contributed by atoms with Gasteiger partial charge in [0.25, 0.3) is 0 Å². The van der Waals surface area contributed by atoms with Gasteiger partial charge in [0.2, 0.25) is 11.5 Å². The van der Waals surface area contributed by atoms with Crippen LogP contribution in [-0.2, 0) is 26.6 Å². The fraction of sp³-hybridized carbons (Fsp3) is 0.684.